The summed E-state index contributed by atoms with van der Waals surface area (Å²) >= 11 is 0. The van der Waals surface area contributed by atoms with E-state index in [1.165, 1.54) is 31.4 Å². The van der Waals surface area contributed by atoms with Gasteiger partial charge in [-0.3, -0.25) is 0 Å². The molecule has 0 amide bonds. The number of nitrogens with one attached hydrogen (secondary N) is 1. The van der Waals surface area contributed by atoms with Crippen LogP contribution >= 0.6 is 0 Å². The third kappa shape index (κ3) is 2.33. The standard InChI is InChI=1S/C13H15FN2/c1-2-3-9-6-13(9)16-11-5-4-10(8-15)12(14)7-11/h4-5,7,9,13,16H,2-3,6H2,1H3. The van der Waals surface area contributed by atoms with Crippen molar-refractivity contribution in [1.82, 2.24) is 0 Å². The Balaban J connectivity index is 1.97. The normalized spacial score (nSPS) is 22.6. The molecule has 1 saturated carbocycles. The van der Waals surface area contributed by atoms with Crippen LogP contribution in [0.15, 0.2) is 18.2 Å². The zero-order chi connectivity index (χ0) is 11.5. The monoisotopic (exact) mass is 218 g/mol. The van der Waals surface area contributed by atoms with Crippen molar-refractivity contribution >= 4 is 5.69 Å². The maximum Gasteiger partial charge on any atom is 0.143 e. The molecule has 3 heteroatoms. The van der Waals surface area contributed by atoms with E-state index >= 15 is 0 Å². The van der Waals surface area contributed by atoms with Gasteiger partial charge in [0.2, 0.25) is 0 Å². The number of halogens is 1. The molecule has 0 heterocycles. The van der Waals surface area contributed by atoms with E-state index in [1.807, 2.05) is 6.07 Å². The van der Waals surface area contributed by atoms with E-state index in [2.05, 4.69) is 12.2 Å². The van der Waals surface area contributed by atoms with E-state index in [-0.39, 0.29) is 5.56 Å². The Kier molecular flexibility index (Phi) is 3.09. The third-order valence-electron chi connectivity index (χ3n) is 3.02. The Hall–Kier alpha value is -1.56. The highest BCUT2D eigenvalue weighted by atomic mass is 19.1. The quantitative estimate of drug-likeness (QED) is 0.841. The highest BCUT2D eigenvalue weighted by Crippen LogP contribution is 2.37. The van der Waals surface area contributed by atoms with Crippen molar-refractivity contribution in [3.8, 4) is 6.07 Å². The summed E-state index contributed by atoms with van der Waals surface area (Å²) in [5.74, 6) is 0.295. The average Bonchev–Trinajstić information content (AvgIpc) is 2.97. The molecule has 2 nitrogen and oxygen atoms in total. The van der Waals surface area contributed by atoms with Crippen LogP contribution in [-0.4, -0.2) is 6.04 Å². The predicted octanol–water partition coefficient (Wildman–Crippen LogP) is 3.30. The Morgan fingerprint density at radius 3 is 3.00 bits per heavy atom. The van der Waals surface area contributed by atoms with Gasteiger partial charge in [-0.25, -0.2) is 4.39 Å². The summed E-state index contributed by atoms with van der Waals surface area (Å²) in [5, 5.41) is 11.9. The van der Waals surface area contributed by atoms with Gasteiger partial charge in [0.25, 0.3) is 0 Å². The van der Waals surface area contributed by atoms with E-state index in [0.717, 1.165) is 11.6 Å². The van der Waals surface area contributed by atoms with Crippen molar-refractivity contribution in [1.29, 1.82) is 5.26 Å². The number of nitrogens with zero attached hydrogens (tertiary/aromatic N) is 1. The van der Waals surface area contributed by atoms with Crippen LogP contribution in [0.2, 0.25) is 0 Å². The van der Waals surface area contributed by atoms with E-state index in [0.29, 0.717) is 6.04 Å². The fourth-order valence-corrected chi connectivity index (χ4v) is 2.02. The number of benzene rings is 1. The van der Waals surface area contributed by atoms with Crippen LogP contribution in [0.1, 0.15) is 31.7 Å². The molecule has 1 aromatic rings. The SMILES string of the molecule is CCCC1CC1Nc1ccc(C#N)c(F)c1. The minimum Gasteiger partial charge on any atom is -0.382 e. The van der Waals surface area contributed by atoms with Gasteiger partial charge in [-0.1, -0.05) is 13.3 Å². The summed E-state index contributed by atoms with van der Waals surface area (Å²) in [5.41, 5.74) is 0.881. The molecule has 0 bridgehead atoms. The number of hydrogen-bond acceptors (Lipinski definition) is 2. The van der Waals surface area contributed by atoms with Crippen molar-refractivity contribution in [3.05, 3.63) is 29.6 Å². The number of rotatable bonds is 4. The molecule has 2 atom stereocenters. The molecule has 2 unspecified atom stereocenters. The van der Waals surface area contributed by atoms with Gasteiger partial charge in [-0.15, -0.1) is 0 Å². The maximum atomic E-state index is 13.3. The van der Waals surface area contributed by atoms with Gasteiger partial charge in [-0.05, 0) is 37.0 Å². The zero-order valence-corrected chi connectivity index (χ0v) is 9.33. The molecule has 16 heavy (non-hydrogen) atoms. The van der Waals surface area contributed by atoms with E-state index in [4.69, 9.17) is 5.26 Å². The molecular formula is C13H15FN2. The molecule has 0 saturated heterocycles. The van der Waals surface area contributed by atoms with Gasteiger partial charge in [-0.2, -0.15) is 5.26 Å². The molecule has 0 spiro atoms. The van der Waals surface area contributed by atoms with Gasteiger partial charge >= 0.3 is 0 Å². The summed E-state index contributed by atoms with van der Waals surface area (Å²) < 4.78 is 13.3. The lowest BCUT2D eigenvalue weighted by atomic mass is 10.2. The minimum absolute atomic E-state index is 0.103. The molecule has 1 aromatic carbocycles. The molecule has 0 aliphatic heterocycles. The molecule has 1 aliphatic rings. The van der Waals surface area contributed by atoms with Gasteiger partial charge in [0.15, 0.2) is 0 Å². The Morgan fingerprint density at radius 2 is 2.38 bits per heavy atom. The lowest BCUT2D eigenvalue weighted by Crippen LogP contribution is -2.05. The molecule has 0 aromatic heterocycles. The van der Waals surface area contributed by atoms with Crippen molar-refractivity contribution < 1.29 is 4.39 Å². The Morgan fingerprint density at radius 1 is 1.56 bits per heavy atom. The van der Waals surface area contributed by atoms with Crippen LogP contribution < -0.4 is 5.32 Å². The summed E-state index contributed by atoms with van der Waals surface area (Å²) in [4.78, 5) is 0. The fourth-order valence-electron chi connectivity index (χ4n) is 2.02. The molecular weight excluding hydrogens is 203 g/mol. The van der Waals surface area contributed by atoms with Crippen LogP contribution in [0.4, 0.5) is 10.1 Å². The first-order chi connectivity index (χ1) is 7.74. The highest BCUT2D eigenvalue weighted by molar-refractivity contribution is 5.49. The summed E-state index contributed by atoms with van der Waals surface area (Å²) in [6.45, 7) is 2.18. The smallest absolute Gasteiger partial charge is 0.143 e. The molecule has 1 N–H and O–H groups in total. The fraction of sp³-hybridized carbons (Fsp3) is 0.462. The van der Waals surface area contributed by atoms with Crippen LogP contribution in [-0.2, 0) is 0 Å². The highest BCUT2D eigenvalue weighted by Gasteiger charge is 2.35. The van der Waals surface area contributed by atoms with Crippen LogP contribution in [0.25, 0.3) is 0 Å². The largest absolute Gasteiger partial charge is 0.382 e. The minimum atomic E-state index is -0.444. The zero-order valence-electron chi connectivity index (χ0n) is 9.33. The summed E-state index contributed by atoms with van der Waals surface area (Å²) in [6.07, 6.45) is 3.61. The third-order valence-corrected chi connectivity index (χ3v) is 3.02. The Bertz CT molecular complexity index is 422. The van der Waals surface area contributed by atoms with Gasteiger partial charge < -0.3 is 5.32 Å². The molecule has 84 valence electrons. The van der Waals surface area contributed by atoms with E-state index in [9.17, 15) is 4.39 Å². The first kappa shape index (κ1) is 10.9. The number of hydrogen-bond donors (Lipinski definition) is 1. The van der Waals surface area contributed by atoms with Crippen molar-refractivity contribution in [2.24, 2.45) is 5.92 Å². The topological polar surface area (TPSA) is 35.8 Å². The first-order valence-corrected chi connectivity index (χ1v) is 5.70. The van der Waals surface area contributed by atoms with Crippen LogP contribution in [0.3, 0.4) is 0 Å². The number of nitriles is 1. The lowest BCUT2D eigenvalue weighted by Gasteiger charge is -2.06. The average molecular weight is 218 g/mol. The van der Waals surface area contributed by atoms with Crippen molar-refractivity contribution in [3.63, 3.8) is 0 Å². The second-order valence-corrected chi connectivity index (χ2v) is 4.34. The second kappa shape index (κ2) is 4.52. The van der Waals surface area contributed by atoms with Gasteiger partial charge in [0, 0.05) is 11.7 Å². The van der Waals surface area contributed by atoms with Crippen LogP contribution in [0.5, 0.6) is 0 Å². The van der Waals surface area contributed by atoms with Crippen molar-refractivity contribution in [2.75, 3.05) is 5.32 Å². The van der Waals surface area contributed by atoms with Gasteiger partial charge in [0.05, 0.1) is 5.56 Å². The number of anilines is 1. The molecule has 1 aliphatic carbocycles. The summed E-state index contributed by atoms with van der Waals surface area (Å²) in [7, 11) is 0. The molecule has 0 radical (unpaired) electrons. The van der Waals surface area contributed by atoms with Crippen molar-refractivity contribution in [2.45, 2.75) is 32.2 Å². The Labute approximate surface area is 95.1 Å². The predicted molar refractivity (Wildman–Crippen MR) is 61.5 cm³/mol. The van der Waals surface area contributed by atoms with Crippen LogP contribution in [0, 0.1) is 23.1 Å². The van der Waals surface area contributed by atoms with E-state index in [1.54, 1.807) is 6.07 Å². The van der Waals surface area contributed by atoms with Gasteiger partial charge in [0.1, 0.15) is 11.9 Å². The molecule has 2 rings (SSSR count). The maximum absolute atomic E-state index is 13.3. The molecule has 1 fully saturated rings. The summed E-state index contributed by atoms with van der Waals surface area (Å²) in [6, 6.07) is 7.00. The first-order valence-electron chi connectivity index (χ1n) is 5.70. The van der Waals surface area contributed by atoms with E-state index < -0.39 is 5.82 Å². The lowest BCUT2D eigenvalue weighted by molar-refractivity contribution is 0.624. The second-order valence-electron chi connectivity index (χ2n) is 4.34.